The van der Waals surface area contributed by atoms with Crippen molar-refractivity contribution >= 4 is 17.4 Å². The Hall–Kier alpha value is -3.07. The number of hydrogen-bond acceptors (Lipinski definition) is 6. The molecule has 2 aromatic rings. The summed E-state index contributed by atoms with van der Waals surface area (Å²) in [6.07, 6.45) is 1.55. The maximum atomic E-state index is 13.0. The molecule has 0 unspecified atom stereocenters. The van der Waals surface area contributed by atoms with Crippen LogP contribution in [0.4, 0.5) is 11.5 Å². The number of aromatic nitrogens is 2. The van der Waals surface area contributed by atoms with Gasteiger partial charge in [0.05, 0.1) is 6.61 Å². The van der Waals surface area contributed by atoms with Gasteiger partial charge in [0, 0.05) is 20.2 Å². The first-order valence-electron chi connectivity index (χ1n) is 9.92. The van der Waals surface area contributed by atoms with Gasteiger partial charge in [0.1, 0.15) is 11.6 Å². The number of nitrogens with two attached hydrogens (primary N) is 1. The second kappa shape index (κ2) is 10.6. The number of H-pyrrole nitrogens is 1. The van der Waals surface area contributed by atoms with Crippen LogP contribution in [0.25, 0.3) is 0 Å². The molecule has 0 spiro atoms. The van der Waals surface area contributed by atoms with Crippen molar-refractivity contribution in [1.29, 1.82) is 0 Å². The Morgan fingerprint density at radius 2 is 2.00 bits per heavy atom. The smallest absolute Gasteiger partial charge is 0.330 e. The first kappa shape index (κ1) is 23.2. The van der Waals surface area contributed by atoms with E-state index in [1.54, 1.807) is 6.07 Å². The molecule has 30 heavy (non-hydrogen) atoms. The molecule has 1 aromatic heterocycles. The number of ether oxygens (including phenoxy) is 2. The predicted octanol–water partition coefficient (Wildman–Crippen LogP) is 1.59. The van der Waals surface area contributed by atoms with Gasteiger partial charge in [-0.3, -0.25) is 24.0 Å². The predicted molar refractivity (Wildman–Crippen MR) is 116 cm³/mol. The number of aryl methyl sites for hydroxylation is 1. The van der Waals surface area contributed by atoms with Crippen LogP contribution >= 0.6 is 0 Å². The van der Waals surface area contributed by atoms with Gasteiger partial charge >= 0.3 is 5.69 Å². The highest BCUT2D eigenvalue weighted by Crippen LogP contribution is 2.22. The molecule has 0 bridgehead atoms. The number of hydrogen-bond donors (Lipinski definition) is 2. The second-order valence-electron chi connectivity index (χ2n) is 7.02. The normalized spacial score (nSPS) is 10.8. The fourth-order valence-electron chi connectivity index (χ4n) is 3.02. The summed E-state index contributed by atoms with van der Waals surface area (Å²) in [6, 6.07) is 5.58. The molecule has 0 saturated heterocycles. The van der Waals surface area contributed by atoms with E-state index in [1.807, 2.05) is 32.9 Å². The Morgan fingerprint density at radius 1 is 1.27 bits per heavy atom. The van der Waals surface area contributed by atoms with Crippen molar-refractivity contribution in [2.24, 2.45) is 0 Å². The van der Waals surface area contributed by atoms with Crippen LogP contribution in [0.15, 0.2) is 27.8 Å². The highest BCUT2D eigenvalue weighted by Gasteiger charge is 2.24. The number of benzene rings is 1. The van der Waals surface area contributed by atoms with Crippen molar-refractivity contribution in [3.05, 3.63) is 50.2 Å². The van der Waals surface area contributed by atoms with E-state index in [1.165, 1.54) is 16.6 Å². The molecule has 0 atom stereocenters. The average Bonchev–Trinajstić information content (AvgIpc) is 2.71. The van der Waals surface area contributed by atoms with Gasteiger partial charge in [-0.15, -0.1) is 0 Å². The molecule has 0 saturated carbocycles. The van der Waals surface area contributed by atoms with E-state index in [-0.39, 0.29) is 31.3 Å². The Kier molecular flexibility index (Phi) is 8.23. The summed E-state index contributed by atoms with van der Waals surface area (Å²) in [4.78, 5) is 41.2. The molecule has 0 fully saturated rings. The van der Waals surface area contributed by atoms with Gasteiger partial charge in [0.25, 0.3) is 11.5 Å². The maximum absolute atomic E-state index is 13.0. The topological polar surface area (TPSA) is 120 Å². The molecule has 0 radical (unpaired) electrons. The summed E-state index contributed by atoms with van der Waals surface area (Å²) in [5.41, 5.74) is 6.74. The molecule has 164 valence electrons. The lowest BCUT2D eigenvalue weighted by Gasteiger charge is -2.24. The van der Waals surface area contributed by atoms with E-state index >= 15 is 0 Å². The number of nitrogens with zero attached hydrogens (tertiary/aromatic N) is 2. The van der Waals surface area contributed by atoms with E-state index in [4.69, 9.17) is 15.2 Å². The minimum Gasteiger partial charge on any atom is -0.483 e. The van der Waals surface area contributed by atoms with Crippen molar-refractivity contribution < 1.29 is 14.3 Å². The Balaban J connectivity index is 2.37. The summed E-state index contributed by atoms with van der Waals surface area (Å²) in [6.45, 7) is 6.16. The lowest BCUT2D eigenvalue weighted by molar-refractivity contribution is -0.120. The monoisotopic (exact) mass is 418 g/mol. The minimum atomic E-state index is -0.721. The summed E-state index contributed by atoms with van der Waals surface area (Å²) in [5.74, 6) is 0.0732. The molecular weight excluding hydrogens is 388 g/mol. The molecule has 0 aliphatic carbocycles. The SMILES string of the molecule is CCCCn1c(N)c(N(CCOC)C(=O)COc2cccc(C)c2C)c(=O)[nH]c1=O. The Morgan fingerprint density at radius 3 is 2.67 bits per heavy atom. The molecule has 1 aromatic carbocycles. The van der Waals surface area contributed by atoms with E-state index in [0.717, 1.165) is 17.5 Å². The standard InChI is InChI=1S/C21H30N4O5/c1-5-6-10-25-19(22)18(20(27)23-21(25)28)24(11-12-29-4)17(26)13-30-16-9-7-8-14(2)15(16)3/h7-9H,5-6,10-13,22H2,1-4H3,(H,23,27,28). The Labute approximate surface area is 175 Å². The Bertz CT molecular complexity index is 996. The summed E-state index contributed by atoms with van der Waals surface area (Å²) in [5, 5.41) is 0. The number of nitrogen functional groups attached to an aromatic ring is 1. The first-order chi connectivity index (χ1) is 14.3. The highest BCUT2D eigenvalue weighted by molar-refractivity contribution is 5.96. The average molecular weight is 418 g/mol. The van der Waals surface area contributed by atoms with Crippen molar-refractivity contribution in [3.8, 4) is 5.75 Å². The number of rotatable bonds is 10. The molecule has 0 aliphatic heterocycles. The molecular formula is C21H30N4O5. The van der Waals surface area contributed by atoms with Gasteiger partial charge in [-0.1, -0.05) is 25.5 Å². The largest absolute Gasteiger partial charge is 0.483 e. The molecule has 9 nitrogen and oxygen atoms in total. The van der Waals surface area contributed by atoms with Crippen molar-refractivity contribution in [2.45, 2.75) is 40.2 Å². The molecule has 2 rings (SSSR count). The zero-order chi connectivity index (χ0) is 22.3. The number of unbranched alkanes of at least 4 members (excludes halogenated alkanes) is 1. The van der Waals surface area contributed by atoms with Crippen LogP contribution in [0.3, 0.4) is 0 Å². The van der Waals surface area contributed by atoms with Crippen LogP contribution < -0.4 is 26.6 Å². The highest BCUT2D eigenvalue weighted by atomic mass is 16.5. The van der Waals surface area contributed by atoms with Crippen LogP contribution in [0, 0.1) is 13.8 Å². The van der Waals surface area contributed by atoms with Gasteiger partial charge in [0.2, 0.25) is 0 Å². The number of amides is 1. The summed E-state index contributed by atoms with van der Waals surface area (Å²) < 4.78 is 12.1. The number of carbonyl (C=O) groups excluding carboxylic acids is 1. The minimum absolute atomic E-state index is 0.0478. The van der Waals surface area contributed by atoms with E-state index in [0.29, 0.717) is 18.7 Å². The van der Waals surface area contributed by atoms with Crippen molar-refractivity contribution in [3.63, 3.8) is 0 Å². The number of nitrogens with one attached hydrogen (secondary N) is 1. The first-order valence-corrected chi connectivity index (χ1v) is 9.92. The molecule has 0 aliphatic rings. The second-order valence-corrected chi connectivity index (χ2v) is 7.02. The maximum Gasteiger partial charge on any atom is 0.330 e. The lowest BCUT2D eigenvalue weighted by Crippen LogP contribution is -2.44. The summed E-state index contributed by atoms with van der Waals surface area (Å²) in [7, 11) is 1.49. The van der Waals surface area contributed by atoms with Crippen LogP contribution in [0.1, 0.15) is 30.9 Å². The third-order valence-corrected chi connectivity index (χ3v) is 4.95. The van der Waals surface area contributed by atoms with Gasteiger partial charge in [-0.2, -0.15) is 0 Å². The molecule has 1 heterocycles. The molecule has 1 amide bonds. The van der Waals surface area contributed by atoms with Gasteiger partial charge < -0.3 is 15.2 Å². The fourth-order valence-corrected chi connectivity index (χ4v) is 3.02. The zero-order valence-electron chi connectivity index (χ0n) is 18.0. The van der Waals surface area contributed by atoms with Gasteiger partial charge in [0.15, 0.2) is 12.3 Å². The van der Waals surface area contributed by atoms with Crippen LogP contribution in [0.2, 0.25) is 0 Å². The molecule has 3 N–H and O–H groups in total. The zero-order valence-corrected chi connectivity index (χ0v) is 18.0. The van der Waals surface area contributed by atoms with Crippen molar-refractivity contribution in [2.75, 3.05) is 37.5 Å². The third-order valence-electron chi connectivity index (χ3n) is 4.95. The number of methoxy groups -OCH3 is 1. The van der Waals surface area contributed by atoms with Crippen LogP contribution in [-0.4, -0.2) is 42.3 Å². The van der Waals surface area contributed by atoms with E-state index < -0.39 is 17.2 Å². The third kappa shape index (κ3) is 5.29. The quantitative estimate of drug-likeness (QED) is 0.605. The summed E-state index contributed by atoms with van der Waals surface area (Å²) >= 11 is 0. The van der Waals surface area contributed by atoms with Crippen LogP contribution in [-0.2, 0) is 16.1 Å². The fraction of sp³-hybridized carbons (Fsp3) is 0.476. The van der Waals surface area contributed by atoms with E-state index in [9.17, 15) is 14.4 Å². The molecule has 9 heteroatoms. The van der Waals surface area contributed by atoms with Gasteiger partial charge in [-0.05, 0) is 37.5 Å². The van der Waals surface area contributed by atoms with Crippen LogP contribution in [0.5, 0.6) is 5.75 Å². The number of anilines is 2. The van der Waals surface area contributed by atoms with Crippen molar-refractivity contribution in [1.82, 2.24) is 9.55 Å². The number of aromatic amines is 1. The van der Waals surface area contributed by atoms with E-state index in [2.05, 4.69) is 4.98 Å². The number of carbonyl (C=O) groups is 1. The lowest BCUT2D eigenvalue weighted by atomic mass is 10.1. The van der Waals surface area contributed by atoms with Gasteiger partial charge in [-0.25, -0.2) is 4.79 Å².